The summed E-state index contributed by atoms with van der Waals surface area (Å²) in [7, 11) is 0. The Hall–Kier alpha value is 0.140. The zero-order valence-electron chi connectivity index (χ0n) is 12.6. The number of nitrogens with one attached hydrogen (secondary N) is 1. The van der Waals surface area contributed by atoms with Gasteiger partial charge in [0, 0.05) is 15.0 Å². The zero-order valence-corrected chi connectivity index (χ0v) is 15.8. The van der Waals surface area contributed by atoms with E-state index in [1.54, 1.807) is 0 Å². The van der Waals surface area contributed by atoms with Crippen LogP contribution >= 0.6 is 31.9 Å². The van der Waals surface area contributed by atoms with Crippen LogP contribution in [0.25, 0.3) is 0 Å². The lowest BCUT2D eigenvalue weighted by Gasteiger charge is -2.37. The van der Waals surface area contributed by atoms with Crippen molar-refractivity contribution in [2.24, 2.45) is 17.8 Å². The second-order valence-corrected chi connectivity index (χ2v) is 8.10. The Bertz CT molecular complexity index is 426. The Morgan fingerprint density at radius 3 is 2.30 bits per heavy atom. The molecular formula is C17H25Br2N. The molecule has 0 bridgehead atoms. The van der Waals surface area contributed by atoms with Crippen molar-refractivity contribution in [2.45, 2.75) is 46.1 Å². The Morgan fingerprint density at radius 1 is 1.10 bits per heavy atom. The molecule has 1 nitrogen and oxygen atoms in total. The van der Waals surface area contributed by atoms with Gasteiger partial charge in [-0.1, -0.05) is 59.1 Å². The summed E-state index contributed by atoms with van der Waals surface area (Å²) in [5, 5.41) is 3.72. The van der Waals surface area contributed by atoms with Crippen molar-refractivity contribution in [3.05, 3.63) is 32.7 Å². The average Bonchev–Trinajstić information content (AvgIpc) is 2.38. The summed E-state index contributed by atoms with van der Waals surface area (Å²) >= 11 is 7.24. The number of halogens is 2. The van der Waals surface area contributed by atoms with Crippen LogP contribution in [0.15, 0.2) is 27.1 Å². The van der Waals surface area contributed by atoms with Gasteiger partial charge in [0.1, 0.15) is 0 Å². The number of rotatable bonds is 4. The second-order valence-electron chi connectivity index (χ2n) is 6.27. The minimum Gasteiger partial charge on any atom is -0.310 e. The molecular weight excluding hydrogens is 378 g/mol. The number of benzene rings is 1. The maximum absolute atomic E-state index is 3.72. The van der Waals surface area contributed by atoms with Crippen LogP contribution < -0.4 is 5.32 Å². The summed E-state index contributed by atoms with van der Waals surface area (Å²) in [6.07, 6.45) is 4.04. The number of hydrogen-bond acceptors (Lipinski definition) is 1. The van der Waals surface area contributed by atoms with Crippen LogP contribution in [0.5, 0.6) is 0 Å². The molecule has 112 valence electrons. The molecule has 0 radical (unpaired) electrons. The van der Waals surface area contributed by atoms with Gasteiger partial charge in [0.25, 0.3) is 0 Å². The van der Waals surface area contributed by atoms with Crippen LogP contribution in [0.2, 0.25) is 0 Å². The van der Waals surface area contributed by atoms with E-state index in [9.17, 15) is 0 Å². The molecule has 0 spiro atoms. The van der Waals surface area contributed by atoms with Crippen molar-refractivity contribution in [2.75, 3.05) is 6.54 Å². The molecule has 0 aromatic heterocycles. The smallest absolute Gasteiger partial charge is 0.0349 e. The van der Waals surface area contributed by atoms with Crippen LogP contribution in [0, 0.1) is 17.8 Å². The topological polar surface area (TPSA) is 12.0 Å². The monoisotopic (exact) mass is 401 g/mol. The Kier molecular flexibility index (Phi) is 6.12. The van der Waals surface area contributed by atoms with Gasteiger partial charge in [0.2, 0.25) is 0 Å². The lowest BCUT2D eigenvalue weighted by atomic mass is 9.72. The van der Waals surface area contributed by atoms with Crippen molar-refractivity contribution in [1.82, 2.24) is 5.32 Å². The van der Waals surface area contributed by atoms with Gasteiger partial charge < -0.3 is 5.32 Å². The summed E-state index contributed by atoms with van der Waals surface area (Å²) in [5.41, 5.74) is 1.40. The summed E-state index contributed by atoms with van der Waals surface area (Å²) in [6, 6.07) is 7.11. The molecule has 4 atom stereocenters. The fourth-order valence-electron chi connectivity index (χ4n) is 3.42. The first-order valence-corrected chi connectivity index (χ1v) is 9.29. The van der Waals surface area contributed by atoms with Crippen molar-refractivity contribution < 1.29 is 0 Å². The lowest BCUT2D eigenvalue weighted by Crippen LogP contribution is -2.33. The summed E-state index contributed by atoms with van der Waals surface area (Å²) in [4.78, 5) is 0. The first kappa shape index (κ1) is 16.5. The highest BCUT2D eigenvalue weighted by atomic mass is 79.9. The summed E-state index contributed by atoms with van der Waals surface area (Å²) < 4.78 is 2.31. The highest BCUT2D eigenvalue weighted by Gasteiger charge is 2.30. The zero-order chi connectivity index (χ0) is 14.7. The van der Waals surface area contributed by atoms with Crippen molar-refractivity contribution >= 4 is 31.9 Å². The quantitative estimate of drug-likeness (QED) is 0.657. The van der Waals surface area contributed by atoms with Crippen LogP contribution in [-0.4, -0.2) is 6.54 Å². The molecule has 1 aromatic rings. The fourth-order valence-corrected chi connectivity index (χ4v) is 4.75. The molecule has 20 heavy (non-hydrogen) atoms. The van der Waals surface area contributed by atoms with Gasteiger partial charge in [0.15, 0.2) is 0 Å². The maximum atomic E-state index is 3.72. The van der Waals surface area contributed by atoms with Gasteiger partial charge in [-0.25, -0.2) is 0 Å². The molecule has 0 amide bonds. The molecule has 0 aliphatic heterocycles. The summed E-state index contributed by atoms with van der Waals surface area (Å²) in [6.45, 7) is 8.04. The van der Waals surface area contributed by atoms with Crippen LogP contribution in [0.3, 0.4) is 0 Å². The van der Waals surface area contributed by atoms with Crippen LogP contribution in [-0.2, 0) is 0 Å². The van der Waals surface area contributed by atoms with Gasteiger partial charge in [-0.2, -0.15) is 0 Å². The first-order chi connectivity index (χ1) is 9.51. The lowest BCUT2D eigenvalue weighted by molar-refractivity contribution is 0.172. The van der Waals surface area contributed by atoms with Crippen LogP contribution in [0.1, 0.15) is 51.6 Å². The predicted molar refractivity (Wildman–Crippen MR) is 93.9 cm³/mol. The van der Waals surface area contributed by atoms with Gasteiger partial charge in [0.05, 0.1) is 0 Å². The van der Waals surface area contributed by atoms with E-state index < -0.39 is 0 Å². The standard InChI is InChI=1S/C17H25Br2N/c1-4-20-17(13-6-5-11(2)12(3)7-13)14-8-15(18)10-16(19)9-14/h8-13,17,20H,4-7H2,1-3H3. The average molecular weight is 403 g/mol. The van der Waals surface area contributed by atoms with E-state index >= 15 is 0 Å². The largest absolute Gasteiger partial charge is 0.310 e. The molecule has 0 saturated heterocycles. The Balaban J connectivity index is 2.22. The predicted octanol–water partition coefficient (Wildman–Crippen LogP) is 5.93. The molecule has 3 heteroatoms. The van der Waals surface area contributed by atoms with E-state index in [4.69, 9.17) is 0 Å². The Morgan fingerprint density at radius 2 is 1.75 bits per heavy atom. The Labute approximate surface area is 140 Å². The van der Waals surface area contributed by atoms with E-state index in [-0.39, 0.29) is 0 Å². The third-order valence-corrected chi connectivity index (χ3v) is 5.69. The molecule has 4 unspecified atom stereocenters. The molecule has 0 heterocycles. The van der Waals surface area contributed by atoms with Crippen molar-refractivity contribution in [3.63, 3.8) is 0 Å². The second kappa shape index (κ2) is 7.42. The molecule has 2 rings (SSSR count). The molecule has 1 aliphatic rings. The first-order valence-electron chi connectivity index (χ1n) is 7.70. The molecule has 1 aliphatic carbocycles. The maximum Gasteiger partial charge on any atom is 0.0349 e. The van der Waals surface area contributed by atoms with Gasteiger partial charge >= 0.3 is 0 Å². The number of hydrogen-bond donors (Lipinski definition) is 1. The van der Waals surface area contributed by atoms with E-state index in [1.165, 1.54) is 24.8 Å². The highest BCUT2D eigenvalue weighted by Crippen LogP contribution is 2.40. The van der Waals surface area contributed by atoms with E-state index in [0.29, 0.717) is 6.04 Å². The van der Waals surface area contributed by atoms with E-state index in [2.05, 4.69) is 76.1 Å². The molecule has 1 aromatic carbocycles. The van der Waals surface area contributed by atoms with E-state index in [1.807, 2.05) is 0 Å². The SMILES string of the molecule is CCNC(c1cc(Br)cc(Br)c1)C1CCC(C)C(C)C1. The fraction of sp³-hybridized carbons (Fsp3) is 0.647. The third-order valence-electron chi connectivity index (χ3n) is 4.78. The van der Waals surface area contributed by atoms with E-state index in [0.717, 1.165) is 33.2 Å². The van der Waals surface area contributed by atoms with Gasteiger partial charge in [-0.05, 0) is 60.9 Å². The summed E-state index contributed by atoms with van der Waals surface area (Å²) in [5.74, 6) is 2.47. The van der Waals surface area contributed by atoms with Gasteiger partial charge in [-0.15, -0.1) is 0 Å². The molecule has 1 saturated carbocycles. The molecule has 1 N–H and O–H groups in total. The normalized spacial score (nSPS) is 28.4. The third kappa shape index (κ3) is 4.08. The van der Waals surface area contributed by atoms with Gasteiger partial charge in [-0.3, -0.25) is 0 Å². The van der Waals surface area contributed by atoms with Crippen molar-refractivity contribution in [1.29, 1.82) is 0 Å². The molecule has 1 fully saturated rings. The minimum absolute atomic E-state index is 0.476. The highest BCUT2D eigenvalue weighted by molar-refractivity contribution is 9.11. The minimum atomic E-state index is 0.476. The van der Waals surface area contributed by atoms with Crippen molar-refractivity contribution in [3.8, 4) is 0 Å². The van der Waals surface area contributed by atoms with Crippen LogP contribution in [0.4, 0.5) is 0 Å².